The van der Waals surface area contributed by atoms with Crippen LogP contribution < -0.4 is 10.1 Å². The van der Waals surface area contributed by atoms with Crippen LogP contribution in [0.25, 0.3) is 0 Å². The molecule has 0 radical (unpaired) electrons. The van der Waals surface area contributed by atoms with E-state index >= 15 is 0 Å². The molecule has 2 aliphatic heterocycles. The number of ether oxygens (including phenoxy) is 1. The first-order valence-electron chi connectivity index (χ1n) is 7.10. The number of carbonyl (C=O) groups is 1. The van der Waals surface area contributed by atoms with E-state index < -0.39 is 16.1 Å². The molecule has 0 spiro atoms. The van der Waals surface area contributed by atoms with Gasteiger partial charge in [0.15, 0.2) is 6.10 Å². The van der Waals surface area contributed by atoms with Gasteiger partial charge in [0.1, 0.15) is 5.75 Å². The molecule has 1 aromatic rings. The van der Waals surface area contributed by atoms with Crippen LogP contribution in [0.1, 0.15) is 26.2 Å². The zero-order valence-corrected chi connectivity index (χ0v) is 12.6. The minimum atomic E-state index is -3.50. The number of amides is 1. The number of benzene rings is 1. The average molecular weight is 310 g/mol. The number of carbonyl (C=O) groups excluding carboxylic acids is 1. The summed E-state index contributed by atoms with van der Waals surface area (Å²) in [6.45, 7) is 2.76. The van der Waals surface area contributed by atoms with E-state index in [9.17, 15) is 13.2 Å². The number of nitrogens with one attached hydrogen (secondary N) is 1. The van der Waals surface area contributed by atoms with Crippen molar-refractivity contribution in [3.63, 3.8) is 0 Å². The Morgan fingerprint density at radius 1 is 1.24 bits per heavy atom. The Bertz CT molecular complexity index is 666. The Morgan fingerprint density at radius 2 is 1.95 bits per heavy atom. The molecular weight excluding hydrogens is 292 g/mol. The quantitative estimate of drug-likeness (QED) is 0.900. The third-order valence-corrected chi connectivity index (χ3v) is 5.73. The van der Waals surface area contributed by atoms with Crippen molar-refractivity contribution in [3.05, 3.63) is 18.2 Å². The predicted octanol–water partition coefficient (Wildman–Crippen LogP) is 1.58. The zero-order valence-electron chi connectivity index (χ0n) is 11.8. The van der Waals surface area contributed by atoms with Crippen LogP contribution in [-0.4, -0.2) is 37.8 Å². The molecular formula is C14H18N2O4S. The third kappa shape index (κ3) is 2.63. The fourth-order valence-corrected chi connectivity index (χ4v) is 4.15. The van der Waals surface area contributed by atoms with Gasteiger partial charge < -0.3 is 10.1 Å². The summed E-state index contributed by atoms with van der Waals surface area (Å²) in [6, 6.07) is 4.61. The van der Waals surface area contributed by atoms with Gasteiger partial charge in [-0.15, -0.1) is 0 Å². The van der Waals surface area contributed by atoms with Crippen LogP contribution in [0, 0.1) is 0 Å². The lowest BCUT2D eigenvalue weighted by Crippen LogP contribution is -2.36. The molecule has 0 bridgehead atoms. The highest BCUT2D eigenvalue weighted by Gasteiger charge is 2.29. The Morgan fingerprint density at radius 3 is 2.67 bits per heavy atom. The lowest BCUT2D eigenvalue weighted by Gasteiger charge is -2.27. The summed E-state index contributed by atoms with van der Waals surface area (Å²) in [5.41, 5.74) is 0.413. The normalized spacial score (nSPS) is 23.1. The molecule has 21 heavy (non-hydrogen) atoms. The zero-order chi connectivity index (χ0) is 15.0. The number of hydrogen-bond donors (Lipinski definition) is 1. The van der Waals surface area contributed by atoms with Gasteiger partial charge in [-0.1, -0.05) is 6.42 Å². The number of sulfonamides is 1. The van der Waals surface area contributed by atoms with Crippen molar-refractivity contribution in [2.75, 3.05) is 18.4 Å². The molecule has 3 rings (SSSR count). The van der Waals surface area contributed by atoms with E-state index in [2.05, 4.69) is 5.32 Å². The highest BCUT2D eigenvalue weighted by Crippen LogP contribution is 2.33. The van der Waals surface area contributed by atoms with Crippen LogP contribution >= 0.6 is 0 Å². The number of rotatable bonds is 2. The molecule has 6 nitrogen and oxygen atoms in total. The number of piperidine rings is 1. The lowest BCUT2D eigenvalue weighted by atomic mass is 10.2. The van der Waals surface area contributed by atoms with Crippen molar-refractivity contribution in [1.82, 2.24) is 4.31 Å². The summed E-state index contributed by atoms with van der Waals surface area (Å²) in [6.07, 6.45) is 2.28. The molecule has 2 heterocycles. The molecule has 0 aliphatic carbocycles. The number of nitrogens with zero attached hydrogens (tertiary/aromatic N) is 1. The van der Waals surface area contributed by atoms with Crippen LogP contribution in [0.5, 0.6) is 5.75 Å². The first-order chi connectivity index (χ1) is 9.98. The molecule has 1 unspecified atom stereocenters. The second-order valence-electron chi connectivity index (χ2n) is 5.37. The minimum absolute atomic E-state index is 0.196. The second-order valence-corrected chi connectivity index (χ2v) is 7.31. The van der Waals surface area contributed by atoms with Crippen molar-refractivity contribution in [2.24, 2.45) is 0 Å². The fourth-order valence-electron chi connectivity index (χ4n) is 2.60. The molecule has 0 aromatic heterocycles. The van der Waals surface area contributed by atoms with Crippen LogP contribution in [0.4, 0.5) is 5.69 Å². The summed E-state index contributed by atoms with van der Waals surface area (Å²) >= 11 is 0. The molecule has 1 amide bonds. The maximum absolute atomic E-state index is 12.6. The van der Waals surface area contributed by atoms with Gasteiger partial charge in [-0.3, -0.25) is 4.79 Å². The first-order valence-corrected chi connectivity index (χ1v) is 8.54. The summed E-state index contributed by atoms with van der Waals surface area (Å²) in [7, 11) is -3.50. The molecule has 7 heteroatoms. The molecule has 1 aromatic carbocycles. The lowest BCUT2D eigenvalue weighted by molar-refractivity contribution is -0.122. The van der Waals surface area contributed by atoms with E-state index in [1.165, 1.54) is 16.4 Å². The molecule has 1 fully saturated rings. The maximum atomic E-state index is 12.6. The summed E-state index contributed by atoms with van der Waals surface area (Å²) in [5.74, 6) is 0.231. The summed E-state index contributed by atoms with van der Waals surface area (Å²) in [5, 5.41) is 2.68. The first kappa shape index (κ1) is 14.3. The third-order valence-electron chi connectivity index (χ3n) is 3.83. The average Bonchev–Trinajstić information content (AvgIpc) is 2.49. The summed E-state index contributed by atoms with van der Waals surface area (Å²) in [4.78, 5) is 11.8. The van der Waals surface area contributed by atoms with Crippen LogP contribution in [0.2, 0.25) is 0 Å². The van der Waals surface area contributed by atoms with Gasteiger partial charge in [0.05, 0.1) is 10.6 Å². The van der Waals surface area contributed by atoms with Gasteiger partial charge in [-0.2, -0.15) is 4.31 Å². The van der Waals surface area contributed by atoms with Gasteiger partial charge in [-0.05, 0) is 38.0 Å². The standard InChI is InChI=1S/C14H18N2O4S/c1-10-14(17)15-12-9-11(5-6-13(12)20-10)21(18,19)16-7-3-2-4-8-16/h5-6,9-10H,2-4,7-8H2,1H3,(H,15,17). The molecule has 0 saturated carbocycles. The minimum Gasteiger partial charge on any atom is -0.479 e. The van der Waals surface area contributed by atoms with Crippen molar-refractivity contribution in [1.29, 1.82) is 0 Å². The maximum Gasteiger partial charge on any atom is 0.265 e. The van der Waals surface area contributed by atoms with E-state index in [1.807, 2.05) is 0 Å². The molecule has 1 saturated heterocycles. The van der Waals surface area contributed by atoms with Gasteiger partial charge in [0.2, 0.25) is 10.0 Å². The Labute approximate surface area is 124 Å². The Hall–Kier alpha value is -1.60. The summed E-state index contributed by atoms with van der Waals surface area (Å²) < 4.78 is 32.1. The monoisotopic (exact) mass is 310 g/mol. The van der Waals surface area contributed by atoms with Crippen molar-refractivity contribution in [3.8, 4) is 5.75 Å². The van der Waals surface area contributed by atoms with Gasteiger partial charge >= 0.3 is 0 Å². The topological polar surface area (TPSA) is 75.7 Å². The number of hydrogen-bond acceptors (Lipinski definition) is 4. The van der Waals surface area contributed by atoms with Crippen molar-refractivity contribution in [2.45, 2.75) is 37.2 Å². The predicted molar refractivity (Wildman–Crippen MR) is 77.8 cm³/mol. The van der Waals surface area contributed by atoms with Crippen LogP contribution in [0.15, 0.2) is 23.1 Å². The van der Waals surface area contributed by atoms with Crippen molar-refractivity contribution >= 4 is 21.6 Å². The highest BCUT2D eigenvalue weighted by molar-refractivity contribution is 7.89. The van der Waals surface area contributed by atoms with Gasteiger partial charge in [0.25, 0.3) is 5.91 Å². The number of anilines is 1. The highest BCUT2D eigenvalue weighted by atomic mass is 32.2. The smallest absolute Gasteiger partial charge is 0.265 e. The van der Waals surface area contributed by atoms with E-state index in [0.29, 0.717) is 24.5 Å². The van der Waals surface area contributed by atoms with Crippen molar-refractivity contribution < 1.29 is 17.9 Å². The fraction of sp³-hybridized carbons (Fsp3) is 0.500. The Kier molecular flexibility index (Phi) is 3.62. The molecule has 1 atom stereocenters. The largest absolute Gasteiger partial charge is 0.479 e. The number of fused-ring (bicyclic) bond motifs is 1. The van der Waals surface area contributed by atoms with Crippen LogP contribution in [0.3, 0.4) is 0 Å². The van der Waals surface area contributed by atoms with E-state index in [4.69, 9.17) is 4.74 Å². The molecule has 114 valence electrons. The van der Waals surface area contributed by atoms with E-state index in [-0.39, 0.29) is 10.8 Å². The van der Waals surface area contributed by atoms with Crippen LogP contribution in [-0.2, 0) is 14.8 Å². The van der Waals surface area contributed by atoms with Gasteiger partial charge in [0, 0.05) is 13.1 Å². The molecule has 2 aliphatic rings. The Balaban J connectivity index is 1.93. The van der Waals surface area contributed by atoms with E-state index in [1.54, 1.807) is 13.0 Å². The SMILES string of the molecule is CC1Oc2ccc(S(=O)(=O)N3CCCCC3)cc2NC1=O. The van der Waals surface area contributed by atoms with E-state index in [0.717, 1.165) is 19.3 Å². The second kappa shape index (κ2) is 5.31. The van der Waals surface area contributed by atoms with Gasteiger partial charge in [-0.25, -0.2) is 8.42 Å². The molecule has 1 N–H and O–H groups in total.